The molecule has 1 amide bonds. The summed E-state index contributed by atoms with van der Waals surface area (Å²) in [6.07, 6.45) is 5.93. The fourth-order valence-electron chi connectivity index (χ4n) is 3.51. The van der Waals surface area contributed by atoms with E-state index >= 15 is 0 Å². The van der Waals surface area contributed by atoms with Crippen LogP contribution in [-0.4, -0.2) is 61.4 Å². The maximum atomic E-state index is 12.1. The van der Waals surface area contributed by atoms with E-state index in [2.05, 4.69) is 29.1 Å². The maximum Gasteiger partial charge on any atom is 0.241 e. The number of guanidine groups is 1. The van der Waals surface area contributed by atoms with E-state index in [1.807, 2.05) is 4.90 Å². The number of rotatable bonds is 4. The zero-order valence-corrected chi connectivity index (χ0v) is 16.6. The predicted molar refractivity (Wildman–Crippen MR) is 102 cm³/mol. The van der Waals surface area contributed by atoms with Gasteiger partial charge >= 0.3 is 0 Å². The van der Waals surface area contributed by atoms with Crippen molar-refractivity contribution < 1.29 is 4.79 Å². The zero-order valence-electron chi connectivity index (χ0n) is 14.2. The van der Waals surface area contributed by atoms with Gasteiger partial charge in [0.25, 0.3) is 0 Å². The molecule has 0 atom stereocenters. The lowest BCUT2D eigenvalue weighted by atomic mass is 9.82. The van der Waals surface area contributed by atoms with E-state index in [0.717, 1.165) is 45.0 Å². The quantitative estimate of drug-likeness (QED) is 0.430. The van der Waals surface area contributed by atoms with Crippen LogP contribution in [0.4, 0.5) is 0 Å². The average molecular weight is 422 g/mol. The zero-order chi connectivity index (χ0) is 15.3. The highest BCUT2D eigenvalue weighted by Gasteiger charge is 2.36. The van der Waals surface area contributed by atoms with Crippen molar-refractivity contribution in [3.05, 3.63) is 0 Å². The first kappa shape index (κ1) is 19.5. The molecule has 0 radical (unpaired) electrons. The highest BCUT2D eigenvalue weighted by atomic mass is 127. The second-order valence-corrected chi connectivity index (χ2v) is 6.37. The van der Waals surface area contributed by atoms with Crippen LogP contribution in [0.2, 0.25) is 0 Å². The third kappa shape index (κ3) is 4.49. The van der Waals surface area contributed by atoms with Crippen LogP contribution in [0.5, 0.6) is 0 Å². The Balaban J connectivity index is 0.00000242. The van der Waals surface area contributed by atoms with Crippen LogP contribution >= 0.6 is 24.0 Å². The standard InChI is InChI=1S/C16H30N4O.HI/c1-4-16(5-2)8-11-20(13-16)15(17-3)18-12-14(21)19-9-6-7-10-19;/h4-13H2,1-3H3,(H,17,18);1H. The molecule has 2 fully saturated rings. The van der Waals surface area contributed by atoms with Gasteiger partial charge < -0.3 is 15.1 Å². The van der Waals surface area contributed by atoms with E-state index in [0.29, 0.717) is 12.0 Å². The highest BCUT2D eigenvalue weighted by molar-refractivity contribution is 14.0. The molecular weight excluding hydrogens is 391 g/mol. The molecule has 2 saturated heterocycles. The molecular formula is C16H31IN4O. The number of nitrogens with one attached hydrogen (secondary N) is 1. The van der Waals surface area contributed by atoms with Crippen molar-refractivity contribution in [2.45, 2.75) is 46.0 Å². The molecule has 0 aromatic rings. The van der Waals surface area contributed by atoms with Gasteiger partial charge in [0.1, 0.15) is 0 Å². The summed E-state index contributed by atoms with van der Waals surface area (Å²) in [7, 11) is 1.81. The van der Waals surface area contributed by atoms with Gasteiger partial charge in [-0.2, -0.15) is 0 Å². The SMILES string of the molecule is CCC1(CC)CCN(C(=NC)NCC(=O)N2CCCC2)C1.I. The summed E-state index contributed by atoms with van der Waals surface area (Å²) in [4.78, 5) is 20.7. The van der Waals surface area contributed by atoms with Crippen molar-refractivity contribution in [2.75, 3.05) is 39.8 Å². The molecule has 2 rings (SSSR count). The minimum Gasteiger partial charge on any atom is -0.347 e. The monoisotopic (exact) mass is 422 g/mol. The van der Waals surface area contributed by atoms with Gasteiger partial charge in [-0.05, 0) is 37.5 Å². The lowest BCUT2D eigenvalue weighted by Gasteiger charge is -2.28. The van der Waals surface area contributed by atoms with Gasteiger partial charge in [-0.15, -0.1) is 24.0 Å². The molecule has 0 unspecified atom stereocenters. The molecule has 6 heteroatoms. The molecule has 1 N–H and O–H groups in total. The Hall–Kier alpha value is -0.530. The van der Waals surface area contributed by atoms with E-state index < -0.39 is 0 Å². The first-order valence-corrected chi connectivity index (χ1v) is 8.37. The number of aliphatic imine (C=N–C) groups is 1. The second-order valence-electron chi connectivity index (χ2n) is 6.37. The Labute approximate surface area is 151 Å². The van der Waals surface area contributed by atoms with Gasteiger partial charge in [0.15, 0.2) is 5.96 Å². The normalized spacial score (nSPS) is 21.0. The van der Waals surface area contributed by atoms with Crippen LogP contribution in [0.1, 0.15) is 46.0 Å². The summed E-state index contributed by atoms with van der Waals surface area (Å²) in [5, 5.41) is 3.26. The number of hydrogen-bond acceptors (Lipinski definition) is 2. The van der Waals surface area contributed by atoms with Crippen LogP contribution in [0.25, 0.3) is 0 Å². The number of halogens is 1. The molecule has 2 heterocycles. The van der Waals surface area contributed by atoms with E-state index in [1.165, 1.54) is 19.3 Å². The van der Waals surface area contributed by atoms with Crippen molar-refractivity contribution in [1.82, 2.24) is 15.1 Å². The summed E-state index contributed by atoms with van der Waals surface area (Å²) in [5.41, 5.74) is 0.427. The number of amides is 1. The molecule has 0 aliphatic carbocycles. The molecule has 2 aliphatic rings. The van der Waals surface area contributed by atoms with E-state index in [1.54, 1.807) is 7.05 Å². The molecule has 5 nitrogen and oxygen atoms in total. The van der Waals surface area contributed by atoms with Crippen LogP contribution in [-0.2, 0) is 4.79 Å². The molecule has 22 heavy (non-hydrogen) atoms. The van der Waals surface area contributed by atoms with E-state index in [4.69, 9.17) is 0 Å². The fourth-order valence-corrected chi connectivity index (χ4v) is 3.51. The van der Waals surface area contributed by atoms with Crippen molar-refractivity contribution in [2.24, 2.45) is 10.4 Å². The molecule has 0 spiro atoms. The average Bonchev–Trinajstić information content (AvgIpc) is 3.18. The lowest BCUT2D eigenvalue weighted by molar-refractivity contribution is -0.128. The van der Waals surface area contributed by atoms with Crippen LogP contribution in [0.3, 0.4) is 0 Å². The first-order chi connectivity index (χ1) is 10.1. The highest BCUT2D eigenvalue weighted by Crippen LogP contribution is 2.36. The maximum absolute atomic E-state index is 12.1. The number of carbonyl (C=O) groups excluding carboxylic acids is 1. The molecule has 0 bridgehead atoms. The predicted octanol–water partition coefficient (Wildman–Crippen LogP) is 2.31. The molecule has 2 aliphatic heterocycles. The van der Waals surface area contributed by atoms with Gasteiger partial charge in [0.2, 0.25) is 5.91 Å². The van der Waals surface area contributed by atoms with Crippen LogP contribution in [0, 0.1) is 5.41 Å². The molecule has 128 valence electrons. The van der Waals surface area contributed by atoms with Gasteiger partial charge in [-0.1, -0.05) is 13.8 Å². The number of hydrogen-bond donors (Lipinski definition) is 1. The smallest absolute Gasteiger partial charge is 0.241 e. The number of carbonyl (C=O) groups is 1. The van der Waals surface area contributed by atoms with Gasteiger partial charge in [-0.25, -0.2) is 0 Å². The van der Waals surface area contributed by atoms with Gasteiger partial charge in [0, 0.05) is 33.2 Å². The lowest BCUT2D eigenvalue weighted by Crippen LogP contribution is -2.45. The van der Waals surface area contributed by atoms with Crippen LogP contribution < -0.4 is 5.32 Å². The fraction of sp³-hybridized carbons (Fsp3) is 0.875. The minimum absolute atomic E-state index is 0. The second kappa shape index (κ2) is 8.93. The Kier molecular flexibility index (Phi) is 7.93. The minimum atomic E-state index is 0. The van der Waals surface area contributed by atoms with Crippen LogP contribution in [0.15, 0.2) is 4.99 Å². The Morgan fingerprint density at radius 3 is 2.27 bits per heavy atom. The summed E-state index contributed by atoms with van der Waals surface area (Å²) >= 11 is 0. The summed E-state index contributed by atoms with van der Waals surface area (Å²) in [6, 6.07) is 0. The first-order valence-electron chi connectivity index (χ1n) is 8.37. The topological polar surface area (TPSA) is 47.9 Å². The number of likely N-dealkylation sites (tertiary alicyclic amines) is 2. The third-order valence-corrected chi connectivity index (χ3v) is 5.31. The Morgan fingerprint density at radius 1 is 1.14 bits per heavy atom. The summed E-state index contributed by atoms with van der Waals surface area (Å²) in [6.45, 7) is 8.85. The largest absolute Gasteiger partial charge is 0.347 e. The summed E-state index contributed by atoms with van der Waals surface area (Å²) < 4.78 is 0. The van der Waals surface area contributed by atoms with Crippen molar-refractivity contribution >= 4 is 35.8 Å². The third-order valence-electron chi connectivity index (χ3n) is 5.31. The van der Waals surface area contributed by atoms with Crippen molar-refractivity contribution in [1.29, 1.82) is 0 Å². The summed E-state index contributed by atoms with van der Waals surface area (Å²) in [5.74, 6) is 1.08. The van der Waals surface area contributed by atoms with Crippen molar-refractivity contribution in [3.8, 4) is 0 Å². The van der Waals surface area contributed by atoms with Gasteiger partial charge in [-0.3, -0.25) is 9.79 Å². The van der Waals surface area contributed by atoms with E-state index in [9.17, 15) is 4.79 Å². The Morgan fingerprint density at radius 2 is 1.77 bits per heavy atom. The van der Waals surface area contributed by atoms with Crippen molar-refractivity contribution in [3.63, 3.8) is 0 Å². The van der Waals surface area contributed by atoms with Gasteiger partial charge in [0.05, 0.1) is 6.54 Å². The molecule has 0 saturated carbocycles. The van der Waals surface area contributed by atoms with E-state index in [-0.39, 0.29) is 29.9 Å². The molecule has 0 aromatic carbocycles. The number of nitrogens with zero attached hydrogens (tertiary/aromatic N) is 3. The molecule has 0 aromatic heterocycles. The Bertz CT molecular complexity index is 390.